The third kappa shape index (κ3) is 3.47. The zero-order valence-corrected chi connectivity index (χ0v) is 13.0. The summed E-state index contributed by atoms with van der Waals surface area (Å²) in [6.45, 7) is 2.67. The van der Waals surface area contributed by atoms with Gasteiger partial charge in [0.2, 0.25) is 5.88 Å². The molecule has 0 atom stereocenters. The molecule has 24 heavy (non-hydrogen) atoms. The summed E-state index contributed by atoms with van der Waals surface area (Å²) >= 11 is 0. The fourth-order valence-electron chi connectivity index (χ4n) is 2.12. The molecule has 128 valence electrons. The van der Waals surface area contributed by atoms with Crippen molar-refractivity contribution in [3.8, 4) is 11.6 Å². The Morgan fingerprint density at radius 2 is 1.88 bits per heavy atom. The Kier molecular flexibility index (Phi) is 4.77. The molecule has 2 rings (SSSR count). The highest BCUT2D eigenvalue weighted by Crippen LogP contribution is 2.36. The predicted octanol–water partition coefficient (Wildman–Crippen LogP) is 4.44. The number of hydrogen-bond acceptors (Lipinski definition) is 4. The number of pyridine rings is 1. The second kappa shape index (κ2) is 6.46. The minimum atomic E-state index is -4.68. The highest BCUT2D eigenvalue weighted by Gasteiger charge is 2.36. The lowest BCUT2D eigenvalue weighted by atomic mass is 10.1. The number of hydrogen-bond donors (Lipinski definition) is 0. The minimum Gasteiger partial charge on any atom is -0.465 e. The monoisotopic (exact) mass is 343 g/mol. The molecule has 0 bridgehead atoms. The lowest BCUT2D eigenvalue weighted by Gasteiger charge is -2.16. The van der Waals surface area contributed by atoms with Crippen LogP contribution in [0, 0.1) is 19.7 Å². The van der Waals surface area contributed by atoms with Crippen molar-refractivity contribution in [3.05, 3.63) is 52.5 Å². The number of esters is 1. The van der Waals surface area contributed by atoms with Crippen molar-refractivity contribution < 1.29 is 31.8 Å². The molecular formula is C16H13F4NO3. The Hall–Kier alpha value is -2.64. The molecule has 2 aromatic rings. The highest BCUT2D eigenvalue weighted by atomic mass is 19.4. The van der Waals surface area contributed by atoms with Gasteiger partial charge < -0.3 is 9.47 Å². The van der Waals surface area contributed by atoms with E-state index in [0.717, 1.165) is 20.1 Å². The summed E-state index contributed by atoms with van der Waals surface area (Å²) in [6.07, 6.45) is -4.10. The van der Waals surface area contributed by atoms with Gasteiger partial charge in [0.25, 0.3) is 0 Å². The number of nitrogens with zero attached hydrogens (tertiary/aromatic N) is 1. The van der Waals surface area contributed by atoms with Crippen LogP contribution in [-0.4, -0.2) is 18.1 Å². The van der Waals surface area contributed by atoms with Gasteiger partial charge in [-0.1, -0.05) is 0 Å². The van der Waals surface area contributed by atoms with Gasteiger partial charge in [-0.05, 0) is 43.2 Å². The topological polar surface area (TPSA) is 48.4 Å². The van der Waals surface area contributed by atoms with E-state index in [9.17, 15) is 22.4 Å². The van der Waals surface area contributed by atoms with Gasteiger partial charge >= 0.3 is 12.1 Å². The average Bonchev–Trinajstić information content (AvgIpc) is 2.48. The molecule has 0 spiro atoms. The van der Waals surface area contributed by atoms with Crippen LogP contribution in [0.3, 0.4) is 0 Å². The highest BCUT2D eigenvalue weighted by molar-refractivity contribution is 5.94. The van der Waals surface area contributed by atoms with Crippen LogP contribution in [0.2, 0.25) is 0 Å². The fourth-order valence-corrected chi connectivity index (χ4v) is 2.12. The molecule has 8 heteroatoms. The van der Waals surface area contributed by atoms with E-state index in [1.54, 1.807) is 6.92 Å². The SMILES string of the molecule is COC(=O)c1c(Oc2ccc(F)cc2C)ncc(C(F)(F)F)c1C. The molecule has 0 aliphatic carbocycles. The Balaban J connectivity index is 2.57. The second-order valence-corrected chi connectivity index (χ2v) is 4.98. The zero-order valence-electron chi connectivity index (χ0n) is 13.0. The largest absolute Gasteiger partial charge is 0.465 e. The van der Waals surface area contributed by atoms with E-state index in [1.165, 1.54) is 12.1 Å². The summed E-state index contributed by atoms with van der Waals surface area (Å²) in [5, 5.41) is 0. The van der Waals surface area contributed by atoms with Crippen molar-refractivity contribution in [1.82, 2.24) is 4.98 Å². The molecule has 1 aromatic carbocycles. The summed E-state index contributed by atoms with van der Waals surface area (Å²) in [7, 11) is 1.04. The molecule has 0 fully saturated rings. The van der Waals surface area contributed by atoms with E-state index in [-0.39, 0.29) is 17.2 Å². The van der Waals surface area contributed by atoms with Crippen LogP contribution < -0.4 is 4.74 Å². The minimum absolute atomic E-state index is 0.160. The van der Waals surface area contributed by atoms with Crippen LogP contribution in [0.25, 0.3) is 0 Å². The molecule has 4 nitrogen and oxygen atoms in total. The van der Waals surface area contributed by atoms with Crippen LogP contribution in [0.5, 0.6) is 11.6 Å². The van der Waals surface area contributed by atoms with E-state index >= 15 is 0 Å². The number of benzene rings is 1. The van der Waals surface area contributed by atoms with Crippen LogP contribution in [0.15, 0.2) is 24.4 Å². The number of methoxy groups -OCH3 is 1. The van der Waals surface area contributed by atoms with Crippen molar-refractivity contribution in [2.75, 3.05) is 7.11 Å². The van der Waals surface area contributed by atoms with E-state index in [0.29, 0.717) is 11.8 Å². The van der Waals surface area contributed by atoms with Gasteiger partial charge in [-0.2, -0.15) is 13.2 Å². The maximum absolute atomic E-state index is 13.1. The molecule has 0 aliphatic heterocycles. The van der Waals surface area contributed by atoms with Crippen LogP contribution in [0.4, 0.5) is 17.6 Å². The van der Waals surface area contributed by atoms with E-state index in [1.807, 2.05) is 0 Å². The molecule has 0 N–H and O–H groups in total. The first kappa shape index (κ1) is 17.7. The summed E-state index contributed by atoms with van der Waals surface area (Å²) in [4.78, 5) is 15.5. The first-order valence-electron chi connectivity index (χ1n) is 6.74. The summed E-state index contributed by atoms with van der Waals surface area (Å²) in [5.74, 6) is -1.69. The number of halogens is 4. The van der Waals surface area contributed by atoms with Crippen molar-refractivity contribution in [2.24, 2.45) is 0 Å². The average molecular weight is 343 g/mol. The number of rotatable bonds is 3. The van der Waals surface area contributed by atoms with Crippen molar-refractivity contribution in [1.29, 1.82) is 0 Å². The molecule has 0 aliphatic rings. The number of aryl methyl sites for hydroxylation is 1. The number of ether oxygens (including phenoxy) is 2. The zero-order chi connectivity index (χ0) is 18.1. The van der Waals surface area contributed by atoms with Gasteiger partial charge in [-0.15, -0.1) is 0 Å². The molecule has 0 amide bonds. The first-order chi connectivity index (χ1) is 11.1. The molecule has 1 aromatic heterocycles. The molecule has 1 heterocycles. The smallest absolute Gasteiger partial charge is 0.418 e. The normalized spacial score (nSPS) is 11.3. The molecular weight excluding hydrogens is 330 g/mol. The first-order valence-corrected chi connectivity index (χ1v) is 6.74. The lowest BCUT2D eigenvalue weighted by molar-refractivity contribution is -0.138. The van der Waals surface area contributed by atoms with Gasteiger partial charge in [-0.25, -0.2) is 14.2 Å². The van der Waals surface area contributed by atoms with Gasteiger partial charge in [-0.3, -0.25) is 0 Å². The lowest BCUT2D eigenvalue weighted by Crippen LogP contribution is -2.15. The number of carbonyl (C=O) groups is 1. The third-order valence-electron chi connectivity index (χ3n) is 3.34. The Labute approximate surface area is 135 Å². The molecule has 0 saturated carbocycles. The van der Waals surface area contributed by atoms with Gasteiger partial charge in [0.15, 0.2) is 0 Å². The molecule has 0 saturated heterocycles. The van der Waals surface area contributed by atoms with Gasteiger partial charge in [0.1, 0.15) is 17.1 Å². The Morgan fingerprint density at radius 1 is 1.21 bits per heavy atom. The maximum Gasteiger partial charge on any atom is 0.418 e. The van der Waals surface area contributed by atoms with Crippen molar-refractivity contribution in [2.45, 2.75) is 20.0 Å². The number of carbonyl (C=O) groups excluding carboxylic acids is 1. The number of alkyl halides is 3. The van der Waals surface area contributed by atoms with Crippen LogP contribution in [-0.2, 0) is 10.9 Å². The summed E-state index contributed by atoms with van der Waals surface area (Å²) in [6, 6.07) is 3.60. The van der Waals surface area contributed by atoms with E-state index in [4.69, 9.17) is 4.74 Å². The third-order valence-corrected chi connectivity index (χ3v) is 3.34. The number of aromatic nitrogens is 1. The maximum atomic E-state index is 13.1. The fraction of sp³-hybridized carbons (Fsp3) is 0.250. The molecule has 0 unspecified atom stereocenters. The van der Waals surface area contributed by atoms with Gasteiger partial charge in [0, 0.05) is 6.20 Å². The van der Waals surface area contributed by atoms with Crippen molar-refractivity contribution in [3.63, 3.8) is 0 Å². The standard InChI is InChI=1S/C16H13F4NO3/c1-8-6-10(17)4-5-12(8)24-14-13(15(22)23-3)9(2)11(7-21-14)16(18,19)20/h4-7H,1-3H3. The Morgan fingerprint density at radius 3 is 2.42 bits per heavy atom. The van der Waals surface area contributed by atoms with Gasteiger partial charge in [0.05, 0.1) is 12.7 Å². The van der Waals surface area contributed by atoms with E-state index in [2.05, 4.69) is 9.72 Å². The van der Waals surface area contributed by atoms with Crippen LogP contribution >= 0.6 is 0 Å². The summed E-state index contributed by atoms with van der Waals surface area (Å²) < 4.78 is 62.0. The summed E-state index contributed by atoms with van der Waals surface area (Å²) in [5.41, 5.74) is -1.47. The predicted molar refractivity (Wildman–Crippen MR) is 76.5 cm³/mol. The van der Waals surface area contributed by atoms with Crippen molar-refractivity contribution >= 4 is 5.97 Å². The van der Waals surface area contributed by atoms with E-state index < -0.39 is 29.1 Å². The quantitative estimate of drug-likeness (QED) is 0.611. The second-order valence-electron chi connectivity index (χ2n) is 4.98. The molecule has 0 radical (unpaired) electrons. The van der Waals surface area contributed by atoms with Crippen LogP contribution in [0.1, 0.15) is 27.0 Å². The Bertz CT molecular complexity index is 788.